The number of nitrogens with one attached hydrogen (secondary N) is 1. The topological polar surface area (TPSA) is 41.5 Å². The molecule has 0 saturated heterocycles. The third-order valence-corrected chi connectivity index (χ3v) is 3.13. The van der Waals surface area contributed by atoms with Crippen LogP contribution in [0.1, 0.15) is 44.4 Å². The second kappa shape index (κ2) is 8.31. The highest BCUT2D eigenvalue weighted by Gasteiger charge is 2.15. The van der Waals surface area contributed by atoms with E-state index in [9.17, 15) is 5.11 Å². The van der Waals surface area contributed by atoms with Gasteiger partial charge in [0.2, 0.25) is 0 Å². The first-order valence-corrected chi connectivity index (χ1v) is 7.10. The number of aliphatic hydroxyl groups excluding tert-OH is 1. The molecule has 3 heteroatoms. The van der Waals surface area contributed by atoms with Gasteiger partial charge in [-0.05, 0) is 46.2 Å². The van der Waals surface area contributed by atoms with Crippen molar-refractivity contribution in [3.05, 3.63) is 35.4 Å². The summed E-state index contributed by atoms with van der Waals surface area (Å²) in [4.78, 5) is 0. The average molecular weight is 265 g/mol. The molecule has 2 unspecified atom stereocenters. The first-order valence-electron chi connectivity index (χ1n) is 7.10. The van der Waals surface area contributed by atoms with Crippen molar-refractivity contribution in [2.45, 2.75) is 52.4 Å². The molecule has 0 radical (unpaired) electrons. The van der Waals surface area contributed by atoms with Crippen molar-refractivity contribution in [2.24, 2.45) is 0 Å². The molecule has 0 fully saturated rings. The molecule has 0 aliphatic carbocycles. The Bertz CT molecular complexity index is 348. The highest BCUT2D eigenvalue weighted by Crippen LogP contribution is 2.17. The first kappa shape index (κ1) is 16.2. The van der Waals surface area contributed by atoms with Gasteiger partial charge in [0.1, 0.15) is 0 Å². The van der Waals surface area contributed by atoms with Crippen LogP contribution in [-0.2, 0) is 4.74 Å². The fraction of sp³-hybridized carbons (Fsp3) is 0.625. The van der Waals surface area contributed by atoms with Crippen LogP contribution in [0.15, 0.2) is 24.3 Å². The lowest BCUT2D eigenvalue weighted by Crippen LogP contribution is -2.33. The lowest BCUT2D eigenvalue weighted by molar-refractivity contribution is 0.0747. The number of hydrogen-bond acceptors (Lipinski definition) is 3. The summed E-state index contributed by atoms with van der Waals surface area (Å²) in [5, 5.41) is 13.6. The SMILES string of the molecule is Cc1ccc(C(O)C(C)NCCCOC(C)C)cc1. The third-order valence-electron chi connectivity index (χ3n) is 3.13. The predicted octanol–water partition coefficient (Wildman–Crippen LogP) is 2.82. The molecule has 0 bridgehead atoms. The molecule has 0 saturated carbocycles. The van der Waals surface area contributed by atoms with Gasteiger partial charge in [-0.1, -0.05) is 29.8 Å². The molecule has 0 aliphatic heterocycles. The highest BCUT2D eigenvalue weighted by molar-refractivity contribution is 5.23. The van der Waals surface area contributed by atoms with Gasteiger partial charge < -0.3 is 15.2 Å². The molecule has 3 nitrogen and oxygen atoms in total. The van der Waals surface area contributed by atoms with Crippen LogP contribution in [0.5, 0.6) is 0 Å². The maximum atomic E-state index is 10.2. The number of rotatable bonds is 8. The molecule has 1 rings (SSSR count). The van der Waals surface area contributed by atoms with E-state index >= 15 is 0 Å². The van der Waals surface area contributed by atoms with Crippen molar-refractivity contribution in [1.82, 2.24) is 5.32 Å². The summed E-state index contributed by atoms with van der Waals surface area (Å²) in [6.07, 6.45) is 0.783. The van der Waals surface area contributed by atoms with E-state index in [2.05, 4.69) is 5.32 Å². The molecule has 19 heavy (non-hydrogen) atoms. The molecule has 0 aliphatic rings. The molecular weight excluding hydrogens is 238 g/mol. The van der Waals surface area contributed by atoms with Crippen molar-refractivity contribution in [3.63, 3.8) is 0 Å². The molecular formula is C16H27NO2. The van der Waals surface area contributed by atoms with Crippen molar-refractivity contribution in [2.75, 3.05) is 13.2 Å². The Morgan fingerprint density at radius 1 is 1.16 bits per heavy atom. The van der Waals surface area contributed by atoms with Crippen LogP contribution >= 0.6 is 0 Å². The summed E-state index contributed by atoms with van der Waals surface area (Å²) in [7, 11) is 0. The van der Waals surface area contributed by atoms with Crippen LogP contribution < -0.4 is 5.32 Å². The molecule has 2 N–H and O–H groups in total. The molecule has 1 aromatic carbocycles. The van der Waals surface area contributed by atoms with Crippen LogP contribution in [0.4, 0.5) is 0 Å². The second-order valence-corrected chi connectivity index (χ2v) is 5.37. The zero-order chi connectivity index (χ0) is 14.3. The Labute approximate surface area is 117 Å². The lowest BCUT2D eigenvalue weighted by atomic mass is 10.0. The number of benzene rings is 1. The zero-order valence-corrected chi connectivity index (χ0v) is 12.5. The van der Waals surface area contributed by atoms with Gasteiger partial charge in [0, 0.05) is 12.6 Å². The van der Waals surface area contributed by atoms with Gasteiger partial charge in [0.25, 0.3) is 0 Å². The largest absolute Gasteiger partial charge is 0.387 e. The van der Waals surface area contributed by atoms with Gasteiger partial charge in [-0.25, -0.2) is 0 Å². The van der Waals surface area contributed by atoms with Gasteiger partial charge in [-0.2, -0.15) is 0 Å². The average Bonchev–Trinajstić information content (AvgIpc) is 2.37. The molecule has 0 aromatic heterocycles. The van der Waals surface area contributed by atoms with Crippen LogP contribution in [0.3, 0.4) is 0 Å². The van der Waals surface area contributed by atoms with E-state index in [-0.39, 0.29) is 12.1 Å². The summed E-state index contributed by atoms with van der Waals surface area (Å²) in [5.74, 6) is 0. The van der Waals surface area contributed by atoms with E-state index in [1.54, 1.807) is 0 Å². The van der Waals surface area contributed by atoms with Gasteiger partial charge in [0.05, 0.1) is 12.2 Å². The monoisotopic (exact) mass is 265 g/mol. The molecule has 1 aromatic rings. The fourth-order valence-corrected chi connectivity index (χ4v) is 1.88. The summed E-state index contributed by atoms with van der Waals surface area (Å²) >= 11 is 0. The third kappa shape index (κ3) is 6.19. The van der Waals surface area contributed by atoms with Gasteiger partial charge >= 0.3 is 0 Å². The first-order chi connectivity index (χ1) is 9.00. The van der Waals surface area contributed by atoms with Crippen LogP contribution in [0.25, 0.3) is 0 Å². The summed E-state index contributed by atoms with van der Waals surface area (Å²) in [5.41, 5.74) is 2.17. The number of aliphatic hydroxyl groups is 1. The summed E-state index contributed by atoms with van der Waals surface area (Å²) in [6.45, 7) is 9.75. The minimum Gasteiger partial charge on any atom is -0.387 e. The number of aryl methyl sites for hydroxylation is 1. The summed E-state index contributed by atoms with van der Waals surface area (Å²) in [6, 6.07) is 8.07. The van der Waals surface area contributed by atoms with E-state index in [1.807, 2.05) is 52.0 Å². The maximum absolute atomic E-state index is 10.2. The Balaban J connectivity index is 2.28. The highest BCUT2D eigenvalue weighted by atomic mass is 16.5. The Kier molecular flexibility index (Phi) is 7.06. The van der Waals surface area contributed by atoms with E-state index in [0.29, 0.717) is 0 Å². The van der Waals surface area contributed by atoms with Crippen molar-refractivity contribution < 1.29 is 9.84 Å². The van der Waals surface area contributed by atoms with Crippen LogP contribution in [-0.4, -0.2) is 30.4 Å². The molecule has 108 valence electrons. The molecule has 0 heterocycles. The normalized spacial score (nSPS) is 14.6. The van der Waals surface area contributed by atoms with E-state index < -0.39 is 6.10 Å². The zero-order valence-electron chi connectivity index (χ0n) is 12.5. The van der Waals surface area contributed by atoms with Gasteiger partial charge in [-0.15, -0.1) is 0 Å². The minimum atomic E-state index is -0.466. The predicted molar refractivity (Wildman–Crippen MR) is 79.3 cm³/mol. The van der Waals surface area contributed by atoms with Gasteiger partial charge in [0.15, 0.2) is 0 Å². The lowest BCUT2D eigenvalue weighted by Gasteiger charge is -2.21. The van der Waals surface area contributed by atoms with Crippen LogP contribution in [0.2, 0.25) is 0 Å². The molecule has 0 amide bonds. The maximum Gasteiger partial charge on any atom is 0.0940 e. The Morgan fingerprint density at radius 3 is 2.37 bits per heavy atom. The van der Waals surface area contributed by atoms with Crippen molar-refractivity contribution in [3.8, 4) is 0 Å². The Hall–Kier alpha value is -0.900. The quantitative estimate of drug-likeness (QED) is 0.710. The standard InChI is InChI=1S/C16H27NO2/c1-12(2)19-11-5-10-17-14(4)16(18)15-8-6-13(3)7-9-15/h6-9,12,14,16-18H,5,10-11H2,1-4H3. The van der Waals surface area contributed by atoms with Crippen molar-refractivity contribution >= 4 is 0 Å². The van der Waals surface area contributed by atoms with E-state index in [4.69, 9.17) is 4.74 Å². The number of hydrogen-bond donors (Lipinski definition) is 2. The smallest absolute Gasteiger partial charge is 0.0940 e. The van der Waals surface area contributed by atoms with Crippen molar-refractivity contribution in [1.29, 1.82) is 0 Å². The second-order valence-electron chi connectivity index (χ2n) is 5.37. The van der Waals surface area contributed by atoms with Crippen LogP contribution in [0, 0.1) is 6.92 Å². The van der Waals surface area contributed by atoms with E-state index in [0.717, 1.165) is 25.1 Å². The summed E-state index contributed by atoms with van der Waals surface area (Å²) < 4.78 is 5.48. The molecule has 0 spiro atoms. The van der Waals surface area contributed by atoms with Gasteiger partial charge in [-0.3, -0.25) is 0 Å². The minimum absolute atomic E-state index is 0.0433. The number of ether oxygens (including phenoxy) is 1. The Morgan fingerprint density at radius 2 is 1.79 bits per heavy atom. The van der Waals surface area contributed by atoms with E-state index in [1.165, 1.54) is 5.56 Å². The molecule has 2 atom stereocenters. The fourth-order valence-electron chi connectivity index (χ4n) is 1.88.